The zero-order valence-corrected chi connectivity index (χ0v) is 13.0. The van der Waals surface area contributed by atoms with Crippen molar-refractivity contribution in [3.05, 3.63) is 35.1 Å². The Balaban J connectivity index is 2.27. The monoisotopic (exact) mass is 299 g/mol. The molecule has 1 aromatic carbocycles. The highest BCUT2D eigenvalue weighted by Gasteiger charge is 2.04. The number of nitrogens with one attached hydrogen (secondary N) is 1. The van der Waals surface area contributed by atoms with Gasteiger partial charge < -0.3 is 19.5 Å². The van der Waals surface area contributed by atoms with E-state index in [2.05, 4.69) is 12.2 Å². The first-order valence-corrected chi connectivity index (χ1v) is 7.40. The fraction of sp³-hybridized carbons (Fsp3) is 0.625. The maximum absolute atomic E-state index is 13.7. The molecule has 0 unspecified atom stereocenters. The summed E-state index contributed by atoms with van der Waals surface area (Å²) in [6, 6.07) is 5.15. The van der Waals surface area contributed by atoms with Gasteiger partial charge in [0.25, 0.3) is 0 Å². The van der Waals surface area contributed by atoms with Gasteiger partial charge in [-0.1, -0.05) is 13.0 Å². The van der Waals surface area contributed by atoms with Gasteiger partial charge in [0, 0.05) is 19.2 Å². The van der Waals surface area contributed by atoms with Crippen LogP contribution in [0.25, 0.3) is 0 Å². The van der Waals surface area contributed by atoms with E-state index in [0.29, 0.717) is 32.0 Å². The Bertz CT molecular complexity index is 388. The molecule has 0 aliphatic heterocycles. The van der Waals surface area contributed by atoms with Crippen LogP contribution in [0.1, 0.15) is 24.5 Å². The normalized spacial score (nSPS) is 11.0. The van der Waals surface area contributed by atoms with E-state index in [0.717, 1.165) is 25.1 Å². The molecule has 0 heterocycles. The number of methoxy groups -OCH3 is 1. The van der Waals surface area contributed by atoms with Crippen molar-refractivity contribution in [3.8, 4) is 0 Å². The van der Waals surface area contributed by atoms with Crippen LogP contribution >= 0.6 is 0 Å². The lowest BCUT2D eigenvalue weighted by molar-refractivity contribution is 0.0193. The zero-order chi connectivity index (χ0) is 15.3. The average Bonchev–Trinajstić information content (AvgIpc) is 2.49. The van der Waals surface area contributed by atoms with E-state index in [9.17, 15) is 4.39 Å². The Kier molecular flexibility index (Phi) is 9.99. The van der Waals surface area contributed by atoms with Gasteiger partial charge >= 0.3 is 0 Å². The summed E-state index contributed by atoms with van der Waals surface area (Å²) in [6.45, 7) is 6.15. The second-order valence-electron chi connectivity index (χ2n) is 4.76. The molecule has 0 bridgehead atoms. The predicted octanol–water partition coefficient (Wildman–Crippen LogP) is 2.50. The largest absolute Gasteiger partial charge is 0.382 e. The van der Waals surface area contributed by atoms with Gasteiger partial charge in [0.2, 0.25) is 0 Å². The molecule has 1 rings (SSSR count). The first-order chi connectivity index (χ1) is 10.3. The fourth-order valence-electron chi connectivity index (χ4n) is 1.80. The van der Waals surface area contributed by atoms with E-state index >= 15 is 0 Å². The molecular weight excluding hydrogens is 273 g/mol. The minimum absolute atomic E-state index is 0.227. The maximum atomic E-state index is 13.7. The van der Waals surface area contributed by atoms with Gasteiger partial charge in [-0.25, -0.2) is 4.39 Å². The van der Waals surface area contributed by atoms with E-state index in [4.69, 9.17) is 14.2 Å². The van der Waals surface area contributed by atoms with E-state index in [1.807, 2.05) is 6.07 Å². The van der Waals surface area contributed by atoms with Crippen LogP contribution in [0, 0.1) is 5.82 Å². The Morgan fingerprint density at radius 2 is 1.86 bits per heavy atom. The lowest BCUT2D eigenvalue weighted by Gasteiger charge is -2.09. The van der Waals surface area contributed by atoms with Crippen LogP contribution in [-0.2, 0) is 27.4 Å². The van der Waals surface area contributed by atoms with Gasteiger partial charge in [-0.2, -0.15) is 0 Å². The number of hydrogen-bond donors (Lipinski definition) is 1. The molecule has 0 amide bonds. The van der Waals surface area contributed by atoms with Gasteiger partial charge in [-0.3, -0.25) is 0 Å². The molecule has 120 valence electrons. The molecule has 0 fully saturated rings. The van der Waals surface area contributed by atoms with Crippen LogP contribution in [0.15, 0.2) is 18.2 Å². The van der Waals surface area contributed by atoms with Crippen molar-refractivity contribution in [1.29, 1.82) is 0 Å². The van der Waals surface area contributed by atoms with Gasteiger partial charge in [0.05, 0.1) is 33.0 Å². The molecule has 0 radical (unpaired) electrons. The van der Waals surface area contributed by atoms with Crippen molar-refractivity contribution < 1.29 is 18.6 Å². The predicted molar refractivity (Wildman–Crippen MR) is 80.7 cm³/mol. The molecule has 21 heavy (non-hydrogen) atoms. The summed E-state index contributed by atoms with van der Waals surface area (Å²) in [5.41, 5.74) is 1.66. The highest BCUT2D eigenvalue weighted by Crippen LogP contribution is 2.12. The molecule has 1 aromatic rings. The summed E-state index contributed by atoms with van der Waals surface area (Å²) in [7, 11) is 1.63. The first-order valence-electron chi connectivity index (χ1n) is 7.40. The molecule has 4 nitrogen and oxygen atoms in total. The van der Waals surface area contributed by atoms with Crippen molar-refractivity contribution in [3.63, 3.8) is 0 Å². The third-order valence-electron chi connectivity index (χ3n) is 2.93. The summed E-state index contributed by atoms with van der Waals surface area (Å²) >= 11 is 0. The molecule has 0 aliphatic rings. The van der Waals surface area contributed by atoms with Crippen molar-refractivity contribution in [2.24, 2.45) is 0 Å². The molecule has 0 saturated heterocycles. The molecule has 0 aromatic heterocycles. The van der Waals surface area contributed by atoms with Crippen LogP contribution < -0.4 is 5.32 Å². The summed E-state index contributed by atoms with van der Waals surface area (Å²) in [4.78, 5) is 0. The average molecular weight is 299 g/mol. The topological polar surface area (TPSA) is 39.7 Å². The van der Waals surface area contributed by atoms with E-state index in [1.54, 1.807) is 13.2 Å². The van der Waals surface area contributed by atoms with Crippen molar-refractivity contribution >= 4 is 0 Å². The van der Waals surface area contributed by atoms with Gasteiger partial charge in [0.15, 0.2) is 0 Å². The Labute approximate surface area is 126 Å². The highest BCUT2D eigenvalue weighted by atomic mass is 19.1. The quantitative estimate of drug-likeness (QED) is 0.602. The van der Waals surface area contributed by atoms with E-state index < -0.39 is 0 Å². The molecule has 0 saturated carbocycles. The number of benzene rings is 1. The smallest absolute Gasteiger partial charge is 0.128 e. The second kappa shape index (κ2) is 11.6. The third-order valence-corrected chi connectivity index (χ3v) is 2.93. The maximum Gasteiger partial charge on any atom is 0.128 e. The standard InChI is InChI=1S/C16H26FNO3/c1-3-6-18-12-14-4-5-16(17)15(11-14)13-21-10-9-20-8-7-19-2/h4-5,11,18H,3,6-10,12-13H2,1-2H3. The summed E-state index contributed by atoms with van der Waals surface area (Å²) < 4.78 is 29.3. The third kappa shape index (κ3) is 8.12. The van der Waals surface area contributed by atoms with Crippen LogP contribution in [-0.4, -0.2) is 40.1 Å². The minimum atomic E-state index is -0.227. The number of halogens is 1. The Hall–Kier alpha value is -1.01. The molecular formula is C16H26FNO3. The van der Waals surface area contributed by atoms with Crippen molar-refractivity contribution in [2.45, 2.75) is 26.5 Å². The van der Waals surface area contributed by atoms with Gasteiger partial charge in [-0.05, 0) is 30.7 Å². The Morgan fingerprint density at radius 3 is 2.62 bits per heavy atom. The van der Waals surface area contributed by atoms with Crippen molar-refractivity contribution in [2.75, 3.05) is 40.1 Å². The summed E-state index contributed by atoms with van der Waals surface area (Å²) in [5.74, 6) is -0.227. The lowest BCUT2D eigenvalue weighted by atomic mass is 10.1. The minimum Gasteiger partial charge on any atom is -0.382 e. The SMILES string of the molecule is CCCNCc1ccc(F)c(COCCOCCOC)c1. The van der Waals surface area contributed by atoms with Crippen LogP contribution in [0.3, 0.4) is 0 Å². The number of ether oxygens (including phenoxy) is 3. The molecule has 0 aliphatic carbocycles. The molecule has 5 heteroatoms. The molecule has 1 N–H and O–H groups in total. The van der Waals surface area contributed by atoms with Crippen LogP contribution in [0.2, 0.25) is 0 Å². The lowest BCUT2D eigenvalue weighted by Crippen LogP contribution is -2.14. The van der Waals surface area contributed by atoms with Gasteiger partial charge in [0.1, 0.15) is 5.82 Å². The molecule has 0 spiro atoms. The van der Waals surface area contributed by atoms with Crippen LogP contribution in [0.4, 0.5) is 4.39 Å². The Morgan fingerprint density at radius 1 is 1.10 bits per heavy atom. The van der Waals surface area contributed by atoms with Crippen molar-refractivity contribution in [1.82, 2.24) is 5.32 Å². The zero-order valence-electron chi connectivity index (χ0n) is 13.0. The first kappa shape index (κ1) is 18.0. The van der Waals surface area contributed by atoms with Gasteiger partial charge in [-0.15, -0.1) is 0 Å². The number of hydrogen-bond acceptors (Lipinski definition) is 4. The second-order valence-corrected chi connectivity index (χ2v) is 4.76. The van der Waals surface area contributed by atoms with Crippen LogP contribution in [0.5, 0.6) is 0 Å². The highest BCUT2D eigenvalue weighted by molar-refractivity contribution is 5.24. The summed E-state index contributed by atoms with van der Waals surface area (Å²) in [6.07, 6.45) is 1.08. The summed E-state index contributed by atoms with van der Waals surface area (Å²) in [5, 5.41) is 3.30. The van der Waals surface area contributed by atoms with E-state index in [1.165, 1.54) is 6.07 Å². The number of rotatable bonds is 12. The molecule has 0 atom stereocenters. The fourth-order valence-corrected chi connectivity index (χ4v) is 1.80. The van der Waals surface area contributed by atoms with E-state index in [-0.39, 0.29) is 12.4 Å².